The van der Waals surface area contributed by atoms with Gasteiger partial charge in [0.15, 0.2) is 16.3 Å². The van der Waals surface area contributed by atoms with Crippen molar-refractivity contribution >= 4 is 23.1 Å². The van der Waals surface area contributed by atoms with Crippen molar-refractivity contribution in [2.45, 2.75) is 6.67 Å². The summed E-state index contributed by atoms with van der Waals surface area (Å²) in [4.78, 5) is 20.0. The SMILES string of the molecule is COc1ccc(/C=c2\sc3n(c2=O)CN(c2ccc(F)cc2)CN=3)cc1OC. The van der Waals surface area contributed by atoms with E-state index in [2.05, 4.69) is 4.99 Å². The fourth-order valence-corrected chi connectivity index (χ4v) is 3.98. The predicted octanol–water partition coefficient (Wildman–Crippen LogP) is 1.95. The Morgan fingerprint density at radius 3 is 2.57 bits per heavy atom. The maximum atomic E-state index is 13.2. The van der Waals surface area contributed by atoms with E-state index < -0.39 is 0 Å². The molecule has 0 fully saturated rings. The number of halogens is 1. The van der Waals surface area contributed by atoms with Gasteiger partial charge in [-0.1, -0.05) is 17.4 Å². The molecule has 1 aliphatic heterocycles. The molecule has 144 valence electrons. The molecule has 1 aromatic heterocycles. The third-order valence-electron chi connectivity index (χ3n) is 4.47. The van der Waals surface area contributed by atoms with Crippen molar-refractivity contribution in [2.75, 3.05) is 25.8 Å². The Morgan fingerprint density at radius 2 is 1.86 bits per heavy atom. The third-order valence-corrected chi connectivity index (χ3v) is 5.52. The molecule has 28 heavy (non-hydrogen) atoms. The fourth-order valence-electron chi connectivity index (χ4n) is 3.02. The van der Waals surface area contributed by atoms with Gasteiger partial charge in [0.2, 0.25) is 0 Å². The molecule has 0 spiro atoms. The lowest BCUT2D eigenvalue weighted by Crippen LogP contribution is -2.42. The molecule has 2 aromatic carbocycles. The zero-order chi connectivity index (χ0) is 19.7. The lowest BCUT2D eigenvalue weighted by Gasteiger charge is -2.25. The summed E-state index contributed by atoms with van der Waals surface area (Å²) in [6, 6.07) is 11.7. The van der Waals surface area contributed by atoms with Crippen LogP contribution in [0.3, 0.4) is 0 Å². The van der Waals surface area contributed by atoms with Crippen molar-refractivity contribution in [1.29, 1.82) is 0 Å². The second-order valence-corrected chi connectivity index (χ2v) is 7.21. The number of nitrogens with zero attached hydrogens (tertiary/aromatic N) is 3. The van der Waals surface area contributed by atoms with E-state index in [1.165, 1.54) is 23.5 Å². The third kappa shape index (κ3) is 3.38. The molecule has 0 unspecified atom stereocenters. The number of methoxy groups -OCH3 is 2. The summed E-state index contributed by atoms with van der Waals surface area (Å²) in [5, 5.41) is 0. The first-order valence-electron chi connectivity index (χ1n) is 8.57. The summed E-state index contributed by atoms with van der Waals surface area (Å²) in [7, 11) is 3.15. The van der Waals surface area contributed by atoms with Crippen LogP contribution in [0.1, 0.15) is 5.56 Å². The van der Waals surface area contributed by atoms with Gasteiger partial charge in [0, 0.05) is 5.69 Å². The van der Waals surface area contributed by atoms with Crippen molar-refractivity contribution in [3.05, 3.63) is 73.5 Å². The van der Waals surface area contributed by atoms with Crippen molar-refractivity contribution in [3.8, 4) is 11.5 Å². The molecule has 0 saturated carbocycles. The second-order valence-electron chi connectivity index (χ2n) is 6.20. The molecule has 6 nitrogen and oxygen atoms in total. The lowest BCUT2D eigenvalue weighted by atomic mass is 10.2. The van der Waals surface area contributed by atoms with Crippen LogP contribution in [-0.4, -0.2) is 25.5 Å². The fraction of sp³-hybridized carbons (Fsp3) is 0.200. The monoisotopic (exact) mass is 399 g/mol. The highest BCUT2D eigenvalue weighted by Gasteiger charge is 2.16. The highest BCUT2D eigenvalue weighted by atomic mass is 32.1. The first kappa shape index (κ1) is 18.2. The number of thiazole rings is 1. The number of hydrogen-bond donors (Lipinski definition) is 0. The molecule has 0 amide bonds. The highest BCUT2D eigenvalue weighted by molar-refractivity contribution is 7.07. The first-order chi connectivity index (χ1) is 13.6. The molecule has 0 N–H and O–H groups in total. The minimum atomic E-state index is -0.294. The molecule has 0 radical (unpaired) electrons. The Balaban J connectivity index is 1.69. The van der Waals surface area contributed by atoms with Crippen LogP contribution in [-0.2, 0) is 6.67 Å². The van der Waals surface area contributed by atoms with Crippen LogP contribution < -0.4 is 29.3 Å². The van der Waals surface area contributed by atoms with Crippen LogP contribution in [0.5, 0.6) is 11.5 Å². The number of aromatic nitrogens is 1. The quantitative estimate of drug-likeness (QED) is 0.673. The zero-order valence-electron chi connectivity index (χ0n) is 15.4. The summed E-state index contributed by atoms with van der Waals surface area (Å²) >= 11 is 1.35. The van der Waals surface area contributed by atoms with Crippen LogP contribution >= 0.6 is 11.3 Å². The van der Waals surface area contributed by atoms with E-state index in [-0.39, 0.29) is 11.4 Å². The van der Waals surface area contributed by atoms with E-state index in [0.717, 1.165) is 11.3 Å². The van der Waals surface area contributed by atoms with Gasteiger partial charge in [-0.15, -0.1) is 0 Å². The summed E-state index contributed by atoms with van der Waals surface area (Å²) in [6.07, 6.45) is 1.82. The molecule has 3 aromatic rings. The van der Waals surface area contributed by atoms with E-state index >= 15 is 0 Å². The van der Waals surface area contributed by atoms with Crippen molar-refractivity contribution < 1.29 is 13.9 Å². The zero-order valence-corrected chi connectivity index (χ0v) is 16.2. The van der Waals surface area contributed by atoms with Crippen molar-refractivity contribution in [2.24, 2.45) is 4.99 Å². The molecular weight excluding hydrogens is 381 g/mol. The van der Waals surface area contributed by atoms with Gasteiger partial charge in [0.1, 0.15) is 19.2 Å². The van der Waals surface area contributed by atoms with Gasteiger partial charge in [-0.3, -0.25) is 9.36 Å². The molecular formula is C20H18FN3O3S. The molecule has 1 aliphatic rings. The van der Waals surface area contributed by atoms with Crippen molar-refractivity contribution in [3.63, 3.8) is 0 Å². The topological polar surface area (TPSA) is 56.1 Å². The molecule has 2 heterocycles. The summed E-state index contributed by atoms with van der Waals surface area (Å²) in [5.41, 5.74) is 1.55. The lowest BCUT2D eigenvalue weighted by molar-refractivity contribution is 0.355. The van der Waals surface area contributed by atoms with Crippen LogP contribution in [0, 0.1) is 5.82 Å². The van der Waals surface area contributed by atoms with Gasteiger partial charge < -0.3 is 14.4 Å². The van der Waals surface area contributed by atoms with Gasteiger partial charge in [0.05, 0.1) is 18.8 Å². The van der Waals surface area contributed by atoms with Gasteiger partial charge >= 0.3 is 0 Å². The number of ether oxygens (including phenoxy) is 2. The average Bonchev–Trinajstić information content (AvgIpc) is 3.03. The Labute approximate surface area is 164 Å². The molecule has 0 bridgehead atoms. The van der Waals surface area contributed by atoms with Gasteiger partial charge in [-0.2, -0.15) is 0 Å². The minimum absolute atomic E-state index is 0.106. The molecule has 0 atom stereocenters. The van der Waals surface area contributed by atoms with Gasteiger partial charge in [0.25, 0.3) is 5.56 Å². The Kier molecular flexibility index (Phi) is 4.87. The van der Waals surface area contributed by atoms with E-state index in [4.69, 9.17) is 9.47 Å². The number of benzene rings is 2. The number of rotatable bonds is 4. The largest absolute Gasteiger partial charge is 0.493 e. The van der Waals surface area contributed by atoms with Gasteiger partial charge in [-0.05, 0) is 48.0 Å². The second kappa shape index (κ2) is 7.47. The number of anilines is 1. The molecule has 4 rings (SSSR count). The van der Waals surface area contributed by atoms with E-state index in [0.29, 0.717) is 34.2 Å². The summed E-state index contributed by atoms with van der Waals surface area (Å²) in [5.74, 6) is 0.939. The Bertz CT molecular complexity index is 1180. The van der Waals surface area contributed by atoms with E-state index in [1.807, 2.05) is 23.1 Å². The van der Waals surface area contributed by atoms with Crippen LogP contribution in [0.4, 0.5) is 10.1 Å². The maximum Gasteiger partial charge on any atom is 0.271 e. The first-order valence-corrected chi connectivity index (χ1v) is 9.39. The molecule has 0 aliphatic carbocycles. The summed E-state index contributed by atoms with van der Waals surface area (Å²) < 4.78 is 25.9. The van der Waals surface area contributed by atoms with Crippen LogP contribution in [0.25, 0.3) is 6.08 Å². The average molecular weight is 399 g/mol. The normalized spacial score (nSPS) is 13.8. The maximum absolute atomic E-state index is 13.2. The Morgan fingerprint density at radius 1 is 1.11 bits per heavy atom. The number of fused-ring (bicyclic) bond motifs is 1. The van der Waals surface area contributed by atoms with Crippen molar-refractivity contribution in [1.82, 2.24) is 4.57 Å². The predicted molar refractivity (Wildman–Crippen MR) is 106 cm³/mol. The number of hydrogen-bond acceptors (Lipinski definition) is 6. The van der Waals surface area contributed by atoms with Crippen LogP contribution in [0.2, 0.25) is 0 Å². The van der Waals surface area contributed by atoms with E-state index in [9.17, 15) is 9.18 Å². The highest BCUT2D eigenvalue weighted by Crippen LogP contribution is 2.27. The van der Waals surface area contributed by atoms with Crippen LogP contribution in [0.15, 0.2) is 52.3 Å². The Hall–Kier alpha value is -3.13. The van der Waals surface area contributed by atoms with E-state index in [1.54, 1.807) is 37.0 Å². The summed E-state index contributed by atoms with van der Waals surface area (Å²) in [6.45, 7) is 0.793. The standard InChI is InChI=1S/C20H18FN3O3S/c1-26-16-8-3-13(9-17(16)27-2)10-18-19(25)24-12-23(11-22-20(24)28-18)15-6-4-14(21)5-7-15/h3-10H,11-12H2,1-2H3/b18-10-. The van der Waals surface area contributed by atoms with Gasteiger partial charge in [-0.25, -0.2) is 9.38 Å². The molecule has 0 saturated heterocycles. The molecule has 8 heteroatoms. The minimum Gasteiger partial charge on any atom is -0.493 e. The smallest absolute Gasteiger partial charge is 0.271 e.